The normalized spacial score (nSPS) is 12.9. The van der Waals surface area contributed by atoms with Crippen LogP contribution < -0.4 is 5.32 Å². The van der Waals surface area contributed by atoms with E-state index in [4.69, 9.17) is 0 Å². The summed E-state index contributed by atoms with van der Waals surface area (Å²) in [5, 5.41) is 6.15. The van der Waals surface area contributed by atoms with E-state index >= 15 is 0 Å². The van der Waals surface area contributed by atoms with Gasteiger partial charge in [-0.15, -0.1) is 11.3 Å². The van der Waals surface area contributed by atoms with Crippen molar-refractivity contribution in [2.75, 3.05) is 0 Å². The van der Waals surface area contributed by atoms with Crippen LogP contribution in [0.15, 0.2) is 35.8 Å². The number of rotatable bonds is 4. The average Bonchev–Trinajstić information content (AvgIpc) is 2.80. The minimum Gasteiger partial charge on any atom is -0.302 e. The van der Waals surface area contributed by atoms with Gasteiger partial charge in [-0.3, -0.25) is 0 Å². The minimum absolute atomic E-state index is 0.170. The van der Waals surface area contributed by atoms with Crippen LogP contribution in [0.1, 0.15) is 30.5 Å². The minimum atomic E-state index is -0.194. The van der Waals surface area contributed by atoms with Gasteiger partial charge in [0.15, 0.2) is 0 Å². The van der Waals surface area contributed by atoms with E-state index in [1.54, 1.807) is 18.3 Å². The van der Waals surface area contributed by atoms with Crippen molar-refractivity contribution in [3.8, 4) is 0 Å². The van der Waals surface area contributed by atoms with E-state index in [-0.39, 0.29) is 17.9 Å². The molecule has 0 aliphatic carbocycles. The highest BCUT2D eigenvalue weighted by Gasteiger charge is 2.20. The average molecular weight is 250 g/mol. The molecule has 0 radical (unpaired) electrons. The zero-order chi connectivity index (χ0) is 12.3. The highest BCUT2D eigenvalue weighted by atomic mass is 32.1. The maximum Gasteiger partial charge on any atom is 0.128 e. The lowest BCUT2D eigenvalue weighted by Crippen LogP contribution is -2.29. The van der Waals surface area contributed by atoms with E-state index in [0.717, 1.165) is 5.01 Å². The number of hydrogen-bond donors (Lipinski definition) is 1. The lowest BCUT2D eigenvalue weighted by molar-refractivity contribution is 0.502. The summed E-state index contributed by atoms with van der Waals surface area (Å²) < 4.78 is 13.8. The van der Waals surface area contributed by atoms with Gasteiger partial charge in [0, 0.05) is 23.2 Å². The summed E-state index contributed by atoms with van der Waals surface area (Å²) >= 11 is 1.54. The Morgan fingerprint density at radius 3 is 2.65 bits per heavy atom. The summed E-state index contributed by atoms with van der Waals surface area (Å²) in [7, 11) is 0. The van der Waals surface area contributed by atoms with Crippen molar-refractivity contribution >= 4 is 11.3 Å². The Kier molecular flexibility index (Phi) is 3.86. The topological polar surface area (TPSA) is 24.9 Å². The van der Waals surface area contributed by atoms with Crippen LogP contribution in [0.25, 0.3) is 0 Å². The van der Waals surface area contributed by atoms with Gasteiger partial charge in [-0.25, -0.2) is 9.37 Å². The van der Waals surface area contributed by atoms with E-state index in [1.807, 2.05) is 25.3 Å². The van der Waals surface area contributed by atoms with Crippen LogP contribution in [-0.2, 0) is 0 Å². The molecular formula is C13H15FN2S. The van der Waals surface area contributed by atoms with E-state index < -0.39 is 0 Å². The fourth-order valence-electron chi connectivity index (χ4n) is 1.71. The lowest BCUT2D eigenvalue weighted by Gasteiger charge is -2.20. The van der Waals surface area contributed by atoms with Crippen molar-refractivity contribution in [1.29, 1.82) is 0 Å². The van der Waals surface area contributed by atoms with Crippen molar-refractivity contribution < 1.29 is 4.39 Å². The summed E-state index contributed by atoms with van der Waals surface area (Å²) in [6.45, 7) is 4.09. The van der Waals surface area contributed by atoms with Crippen LogP contribution >= 0.6 is 11.3 Å². The summed E-state index contributed by atoms with van der Waals surface area (Å²) in [6.07, 6.45) is 1.75. The molecule has 4 heteroatoms. The lowest BCUT2D eigenvalue weighted by atomic mass is 10.1. The Balaban J connectivity index is 2.37. The van der Waals surface area contributed by atoms with Gasteiger partial charge in [0.05, 0.1) is 6.04 Å². The maximum absolute atomic E-state index is 13.8. The number of nitrogens with zero attached hydrogens (tertiary/aromatic N) is 1. The molecule has 17 heavy (non-hydrogen) atoms. The smallest absolute Gasteiger partial charge is 0.128 e. The summed E-state index contributed by atoms with van der Waals surface area (Å²) in [4.78, 5) is 4.28. The number of aromatic nitrogens is 1. The molecule has 0 aliphatic rings. The molecular weight excluding hydrogens is 235 g/mol. The number of hydrogen-bond acceptors (Lipinski definition) is 3. The molecule has 0 saturated heterocycles. The molecule has 0 saturated carbocycles. The summed E-state index contributed by atoms with van der Waals surface area (Å²) in [5.41, 5.74) is 0.649. The zero-order valence-corrected chi connectivity index (χ0v) is 10.7. The first-order chi connectivity index (χ1) is 8.18. The Bertz CT molecular complexity index is 468. The van der Waals surface area contributed by atoms with Gasteiger partial charge in [-0.05, 0) is 19.9 Å². The standard InChI is InChI=1S/C13H15FN2S/c1-9(2)16-12(13-15-7-8-17-13)10-5-3-4-6-11(10)14/h3-9,12,16H,1-2H3. The van der Waals surface area contributed by atoms with E-state index in [9.17, 15) is 4.39 Å². The second kappa shape index (κ2) is 5.38. The van der Waals surface area contributed by atoms with E-state index in [2.05, 4.69) is 10.3 Å². The first-order valence-corrected chi connectivity index (χ1v) is 6.46. The molecule has 2 rings (SSSR count). The van der Waals surface area contributed by atoms with Gasteiger partial charge in [0.25, 0.3) is 0 Å². The highest BCUT2D eigenvalue weighted by Crippen LogP contribution is 2.26. The monoisotopic (exact) mass is 250 g/mol. The van der Waals surface area contributed by atoms with Gasteiger partial charge < -0.3 is 5.32 Å². The van der Waals surface area contributed by atoms with Gasteiger partial charge in [-0.1, -0.05) is 18.2 Å². The quantitative estimate of drug-likeness (QED) is 0.900. The van der Waals surface area contributed by atoms with Gasteiger partial charge >= 0.3 is 0 Å². The maximum atomic E-state index is 13.8. The van der Waals surface area contributed by atoms with Crippen LogP contribution in [-0.4, -0.2) is 11.0 Å². The molecule has 2 aromatic rings. The van der Waals surface area contributed by atoms with Crippen LogP contribution in [0.2, 0.25) is 0 Å². The number of benzene rings is 1. The largest absolute Gasteiger partial charge is 0.302 e. The van der Waals surface area contributed by atoms with Crippen molar-refractivity contribution in [3.63, 3.8) is 0 Å². The fraction of sp³-hybridized carbons (Fsp3) is 0.308. The van der Waals surface area contributed by atoms with Crippen LogP contribution in [0, 0.1) is 5.82 Å². The molecule has 1 heterocycles. The van der Waals surface area contributed by atoms with Gasteiger partial charge in [-0.2, -0.15) is 0 Å². The van der Waals surface area contributed by atoms with Crippen LogP contribution in [0.5, 0.6) is 0 Å². The SMILES string of the molecule is CC(C)NC(c1nccs1)c1ccccc1F. The van der Waals surface area contributed by atoms with E-state index in [1.165, 1.54) is 17.4 Å². The van der Waals surface area contributed by atoms with Gasteiger partial charge in [0.2, 0.25) is 0 Å². The molecule has 90 valence electrons. The Morgan fingerprint density at radius 2 is 2.06 bits per heavy atom. The van der Waals surface area contributed by atoms with Crippen molar-refractivity contribution in [2.45, 2.75) is 25.9 Å². The van der Waals surface area contributed by atoms with Gasteiger partial charge in [0.1, 0.15) is 10.8 Å². The Labute approximate surface area is 105 Å². The number of halogens is 1. The zero-order valence-electron chi connectivity index (χ0n) is 9.85. The van der Waals surface area contributed by atoms with Crippen molar-refractivity contribution in [1.82, 2.24) is 10.3 Å². The molecule has 1 atom stereocenters. The number of nitrogens with one attached hydrogen (secondary N) is 1. The molecule has 0 bridgehead atoms. The summed E-state index contributed by atoms with van der Waals surface area (Å²) in [6, 6.07) is 6.93. The molecule has 1 aromatic heterocycles. The predicted molar refractivity (Wildman–Crippen MR) is 68.6 cm³/mol. The third-order valence-electron chi connectivity index (χ3n) is 2.41. The molecule has 1 aromatic carbocycles. The highest BCUT2D eigenvalue weighted by molar-refractivity contribution is 7.09. The van der Waals surface area contributed by atoms with Crippen molar-refractivity contribution in [3.05, 3.63) is 52.2 Å². The first kappa shape index (κ1) is 12.2. The Hall–Kier alpha value is -1.26. The third-order valence-corrected chi connectivity index (χ3v) is 3.26. The van der Waals surface area contributed by atoms with Crippen LogP contribution in [0.3, 0.4) is 0 Å². The molecule has 1 N–H and O–H groups in total. The third kappa shape index (κ3) is 2.90. The van der Waals surface area contributed by atoms with E-state index in [0.29, 0.717) is 5.56 Å². The predicted octanol–water partition coefficient (Wildman–Crippen LogP) is 3.37. The number of thiazole rings is 1. The Morgan fingerprint density at radius 1 is 1.29 bits per heavy atom. The molecule has 2 nitrogen and oxygen atoms in total. The summed E-state index contributed by atoms with van der Waals surface area (Å²) in [5.74, 6) is -0.194. The second-order valence-electron chi connectivity index (χ2n) is 4.15. The molecule has 0 spiro atoms. The first-order valence-electron chi connectivity index (χ1n) is 5.58. The fourth-order valence-corrected chi connectivity index (χ4v) is 2.43. The second-order valence-corrected chi connectivity index (χ2v) is 5.07. The molecule has 0 aliphatic heterocycles. The molecule has 0 fully saturated rings. The molecule has 0 amide bonds. The van der Waals surface area contributed by atoms with Crippen molar-refractivity contribution in [2.24, 2.45) is 0 Å². The van der Waals surface area contributed by atoms with Crippen LogP contribution in [0.4, 0.5) is 4.39 Å². The molecule has 1 unspecified atom stereocenters.